The highest BCUT2D eigenvalue weighted by Gasteiger charge is 2.33. The molecule has 2 nitrogen and oxygen atoms in total. The highest BCUT2D eigenvalue weighted by Crippen LogP contribution is 2.57. The second-order valence-electron chi connectivity index (χ2n) is 12.1. The lowest BCUT2D eigenvalue weighted by Crippen LogP contribution is -2.31. The minimum Gasteiger partial charge on any atom is -0.543 e. The van der Waals surface area contributed by atoms with Crippen LogP contribution in [0.5, 0.6) is 11.5 Å². The molecule has 5 aromatic carbocycles. The summed E-state index contributed by atoms with van der Waals surface area (Å²) in [6, 6.07) is 42.6. The zero-order valence-electron chi connectivity index (χ0n) is 24.4. The van der Waals surface area contributed by atoms with Crippen LogP contribution < -0.4 is 8.85 Å². The first-order chi connectivity index (χ1) is 19.1. The van der Waals surface area contributed by atoms with Crippen LogP contribution in [-0.4, -0.2) is 16.6 Å². The van der Waals surface area contributed by atoms with Gasteiger partial charge in [-0.25, -0.2) is 0 Å². The predicted octanol–water partition coefficient (Wildman–Crippen LogP) is 10.8. The summed E-state index contributed by atoms with van der Waals surface area (Å²) < 4.78 is 14.4. The summed E-state index contributed by atoms with van der Waals surface area (Å²) in [5, 5.41) is 0. The maximum Gasteiger partial charge on any atom is 0.242 e. The van der Waals surface area contributed by atoms with E-state index in [1.54, 1.807) is 0 Å². The number of hydrogen-bond acceptors (Lipinski definition) is 2. The van der Waals surface area contributed by atoms with Gasteiger partial charge in [-0.1, -0.05) is 121 Å². The third-order valence-corrected chi connectivity index (χ3v) is 8.11. The highest BCUT2D eigenvalue weighted by atomic mass is 28.4. The molecule has 5 aromatic rings. The van der Waals surface area contributed by atoms with E-state index >= 15 is 0 Å². The molecule has 0 bridgehead atoms. The van der Waals surface area contributed by atoms with E-state index < -0.39 is 16.6 Å². The molecule has 0 unspecified atom stereocenters. The molecule has 0 radical (unpaired) electrons. The van der Waals surface area contributed by atoms with Gasteiger partial charge < -0.3 is 8.85 Å². The minimum absolute atomic E-state index is 0.928. The smallest absolute Gasteiger partial charge is 0.242 e. The Morgan fingerprint density at radius 3 is 0.700 bits per heavy atom. The first kappa shape index (κ1) is 27.7. The highest BCUT2D eigenvalue weighted by molar-refractivity contribution is 6.71. The third kappa shape index (κ3) is 6.14. The van der Waals surface area contributed by atoms with Crippen LogP contribution in [0.15, 0.2) is 121 Å². The summed E-state index contributed by atoms with van der Waals surface area (Å²) in [5.74, 6) is 1.86. The molecule has 0 aliphatic rings. The van der Waals surface area contributed by atoms with Crippen molar-refractivity contribution in [2.75, 3.05) is 0 Å². The molecule has 0 spiro atoms. The predicted molar refractivity (Wildman–Crippen MR) is 176 cm³/mol. The molecule has 0 amide bonds. The lowest BCUT2D eigenvalue weighted by Gasteiger charge is -2.33. The number of hydrogen-bond donors (Lipinski definition) is 0. The molecule has 0 fully saturated rings. The quantitative estimate of drug-likeness (QED) is 0.176. The van der Waals surface area contributed by atoms with Gasteiger partial charge in [0.15, 0.2) is 0 Å². The minimum atomic E-state index is -2.07. The molecule has 5 rings (SSSR count). The second kappa shape index (κ2) is 11.3. The average molecular weight is 559 g/mol. The largest absolute Gasteiger partial charge is 0.543 e. The van der Waals surface area contributed by atoms with Crippen LogP contribution >= 0.6 is 0 Å². The Bertz CT molecular complexity index is 1340. The topological polar surface area (TPSA) is 18.5 Å². The van der Waals surface area contributed by atoms with E-state index in [4.69, 9.17) is 8.85 Å². The Kier molecular flexibility index (Phi) is 7.84. The van der Waals surface area contributed by atoms with E-state index in [0.717, 1.165) is 56.0 Å². The molecular weight excluding hydrogens is 521 g/mol. The molecule has 0 N–H and O–H groups in total. The van der Waals surface area contributed by atoms with Gasteiger partial charge in [0.1, 0.15) is 11.5 Å². The average Bonchev–Trinajstić information content (AvgIpc) is 2.93. The van der Waals surface area contributed by atoms with E-state index in [9.17, 15) is 0 Å². The van der Waals surface area contributed by atoms with Gasteiger partial charge in [-0.3, -0.25) is 0 Å². The number of benzene rings is 5. The second-order valence-corrected chi connectivity index (χ2v) is 20.9. The van der Waals surface area contributed by atoms with Gasteiger partial charge in [0.2, 0.25) is 16.6 Å². The van der Waals surface area contributed by atoms with Crippen LogP contribution in [0.3, 0.4) is 0 Å². The molecule has 4 heteroatoms. The summed E-state index contributed by atoms with van der Waals surface area (Å²) in [4.78, 5) is 0. The fraction of sp³-hybridized carbons (Fsp3) is 0.167. The maximum absolute atomic E-state index is 7.18. The third-order valence-electron chi connectivity index (χ3n) is 6.47. The van der Waals surface area contributed by atoms with E-state index in [2.05, 4.69) is 161 Å². The summed E-state index contributed by atoms with van der Waals surface area (Å²) in [7, 11) is -4.14. The van der Waals surface area contributed by atoms with Crippen LogP contribution in [0.4, 0.5) is 0 Å². The van der Waals surface area contributed by atoms with Gasteiger partial charge >= 0.3 is 0 Å². The van der Waals surface area contributed by atoms with Gasteiger partial charge in [0, 0.05) is 22.3 Å². The molecular formula is C36H38O2Si2. The van der Waals surface area contributed by atoms with E-state index in [0.29, 0.717) is 0 Å². The molecule has 0 saturated heterocycles. The van der Waals surface area contributed by atoms with Gasteiger partial charge in [-0.2, -0.15) is 0 Å². The van der Waals surface area contributed by atoms with E-state index in [1.807, 2.05) is 0 Å². The van der Waals surface area contributed by atoms with Crippen molar-refractivity contribution < 1.29 is 8.85 Å². The van der Waals surface area contributed by atoms with Gasteiger partial charge in [0.05, 0.1) is 0 Å². The zero-order valence-corrected chi connectivity index (χ0v) is 26.4. The molecule has 0 saturated carbocycles. The van der Waals surface area contributed by atoms with E-state index in [1.165, 1.54) is 0 Å². The Morgan fingerprint density at radius 2 is 0.525 bits per heavy atom. The van der Waals surface area contributed by atoms with Crippen LogP contribution in [0, 0.1) is 0 Å². The molecule has 40 heavy (non-hydrogen) atoms. The normalized spacial score (nSPS) is 11.8. The van der Waals surface area contributed by atoms with Crippen molar-refractivity contribution in [2.24, 2.45) is 0 Å². The first-order valence-electron chi connectivity index (χ1n) is 14.0. The zero-order chi connectivity index (χ0) is 28.3. The SMILES string of the molecule is C[Si](C)(C)Oc1c(-c2ccccc2)c(-c2ccccc2)c(O[Si](C)(C)C)c(-c2ccccc2)c1-c1ccccc1. The van der Waals surface area contributed by atoms with Crippen LogP contribution in [0.1, 0.15) is 0 Å². The molecule has 0 atom stereocenters. The summed E-state index contributed by atoms with van der Waals surface area (Å²) >= 11 is 0. The number of rotatable bonds is 8. The van der Waals surface area contributed by atoms with Crippen molar-refractivity contribution in [1.29, 1.82) is 0 Å². The Morgan fingerprint density at radius 1 is 0.325 bits per heavy atom. The maximum atomic E-state index is 7.18. The van der Waals surface area contributed by atoms with Gasteiger partial charge in [-0.05, 0) is 61.5 Å². The molecule has 0 aliphatic carbocycles. The molecule has 202 valence electrons. The van der Waals surface area contributed by atoms with E-state index in [-0.39, 0.29) is 0 Å². The van der Waals surface area contributed by atoms with Crippen molar-refractivity contribution >= 4 is 16.6 Å². The summed E-state index contributed by atoms with van der Waals surface area (Å²) in [5.41, 5.74) is 8.81. The molecule has 0 aliphatic heterocycles. The summed E-state index contributed by atoms with van der Waals surface area (Å²) in [6.07, 6.45) is 0. The van der Waals surface area contributed by atoms with Crippen LogP contribution in [-0.2, 0) is 0 Å². The van der Waals surface area contributed by atoms with Crippen molar-refractivity contribution in [3.63, 3.8) is 0 Å². The van der Waals surface area contributed by atoms with Crippen molar-refractivity contribution in [3.05, 3.63) is 121 Å². The van der Waals surface area contributed by atoms with Gasteiger partial charge in [-0.15, -0.1) is 0 Å². The summed E-state index contributed by atoms with van der Waals surface area (Å²) in [6.45, 7) is 13.5. The van der Waals surface area contributed by atoms with Crippen molar-refractivity contribution in [1.82, 2.24) is 0 Å². The van der Waals surface area contributed by atoms with Crippen molar-refractivity contribution in [3.8, 4) is 56.0 Å². The fourth-order valence-corrected chi connectivity index (χ4v) is 6.67. The Labute approximate surface area is 241 Å². The van der Waals surface area contributed by atoms with Crippen molar-refractivity contribution in [2.45, 2.75) is 39.3 Å². The van der Waals surface area contributed by atoms with Gasteiger partial charge in [0.25, 0.3) is 0 Å². The Balaban J connectivity index is 2.09. The molecule has 0 heterocycles. The van der Waals surface area contributed by atoms with Crippen LogP contribution in [0.25, 0.3) is 44.5 Å². The lowest BCUT2D eigenvalue weighted by atomic mass is 9.83. The standard InChI is InChI=1S/C36H38O2Si2/c1-39(2,3)37-35-31(27-19-11-7-12-20-27)33(29-23-15-9-16-24-29)36(38-40(4,5)6)34(30-25-17-10-18-26-30)32(35)28-21-13-8-14-22-28/h7-26H,1-6H3. The monoisotopic (exact) mass is 558 g/mol. The molecule has 0 aromatic heterocycles. The Hall–Kier alpha value is -3.87. The lowest BCUT2D eigenvalue weighted by molar-refractivity contribution is 0.549. The fourth-order valence-electron chi connectivity index (χ4n) is 5.04. The first-order valence-corrected chi connectivity index (χ1v) is 20.8. The van der Waals surface area contributed by atoms with Crippen LogP contribution in [0.2, 0.25) is 39.3 Å².